The number of carbonyl (C=O) groups is 1. The van der Waals surface area contributed by atoms with E-state index < -0.39 is 6.10 Å². The molecule has 0 aromatic heterocycles. The summed E-state index contributed by atoms with van der Waals surface area (Å²) >= 11 is 0. The molecule has 1 amide bonds. The van der Waals surface area contributed by atoms with Gasteiger partial charge in [-0.3, -0.25) is 9.69 Å². The van der Waals surface area contributed by atoms with E-state index in [-0.39, 0.29) is 12.5 Å². The molecule has 138 valence electrons. The fourth-order valence-electron chi connectivity index (χ4n) is 3.02. The lowest BCUT2D eigenvalue weighted by atomic mass is 10.1. The SMILES string of the molecule is CCN(CC)Cc1ccccc1CNC(=O)[C@H]1COc2ccccc2O1. The number of ether oxygens (including phenoxy) is 2. The maximum absolute atomic E-state index is 12.5. The van der Waals surface area contributed by atoms with Crippen LogP contribution in [0, 0.1) is 0 Å². The fraction of sp³-hybridized carbons (Fsp3) is 0.381. The average Bonchev–Trinajstić information content (AvgIpc) is 2.70. The first-order chi connectivity index (χ1) is 12.7. The van der Waals surface area contributed by atoms with Gasteiger partial charge in [0, 0.05) is 13.1 Å². The van der Waals surface area contributed by atoms with Gasteiger partial charge in [0.15, 0.2) is 11.5 Å². The van der Waals surface area contributed by atoms with E-state index in [0.29, 0.717) is 18.0 Å². The van der Waals surface area contributed by atoms with Crippen LogP contribution >= 0.6 is 0 Å². The van der Waals surface area contributed by atoms with Gasteiger partial charge in [0.1, 0.15) is 6.61 Å². The van der Waals surface area contributed by atoms with Crippen molar-refractivity contribution in [2.45, 2.75) is 33.0 Å². The highest BCUT2D eigenvalue weighted by Gasteiger charge is 2.27. The molecule has 0 aliphatic carbocycles. The Balaban J connectivity index is 1.60. The maximum atomic E-state index is 12.5. The van der Waals surface area contributed by atoms with Gasteiger partial charge in [0.25, 0.3) is 5.91 Å². The predicted molar refractivity (Wildman–Crippen MR) is 101 cm³/mol. The maximum Gasteiger partial charge on any atom is 0.264 e. The zero-order valence-electron chi connectivity index (χ0n) is 15.4. The summed E-state index contributed by atoms with van der Waals surface area (Å²) < 4.78 is 11.4. The van der Waals surface area contributed by atoms with Crippen molar-refractivity contribution in [3.8, 4) is 11.5 Å². The molecule has 0 saturated heterocycles. The van der Waals surface area contributed by atoms with E-state index in [1.807, 2.05) is 36.4 Å². The van der Waals surface area contributed by atoms with Gasteiger partial charge in [0.2, 0.25) is 6.10 Å². The number of para-hydroxylation sites is 2. The first-order valence-electron chi connectivity index (χ1n) is 9.16. The molecule has 5 nitrogen and oxygen atoms in total. The third-order valence-corrected chi connectivity index (χ3v) is 4.66. The zero-order chi connectivity index (χ0) is 18.4. The Morgan fingerprint density at radius 1 is 1.04 bits per heavy atom. The first kappa shape index (κ1) is 18.3. The lowest BCUT2D eigenvalue weighted by Crippen LogP contribution is -2.43. The summed E-state index contributed by atoms with van der Waals surface area (Å²) in [7, 11) is 0. The largest absolute Gasteiger partial charge is 0.485 e. The van der Waals surface area contributed by atoms with Crippen LogP contribution in [0.2, 0.25) is 0 Å². The number of carbonyl (C=O) groups excluding carboxylic acids is 1. The minimum atomic E-state index is -0.625. The van der Waals surface area contributed by atoms with Gasteiger partial charge in [-0.25, -0.2) is 0 Å². The quantitative estimate of drug-likeness (QED) is 0.830. The Morgan fingerprint density at radius 2 is 1.69 bits per heavy atom. The summed E-state index contributed by atoms with van der Waals surface area (Å²) in [5.74, 6) is 1.14. The number of nitrogens with one attached hydrogen (secondary N) is 1. The highest BCUT2D eigenvalue weighted by Crippen LogP contribution is 2.30. The fourth-order valence-corrected chi connectivity index (χ4v) is 3.02. The van der Waals surface area contributed by atoms with E-state index in [2.05, 4.69) is 36.2 Å². The number of hydrogen-bond acceptors (Lipinski definition) is 4. The Hall–Kier alpha value is -2.53. The molecule has 0 spiro atoms. The highest BCUT2D eigenvalue weighted by molar-refractivity contribution is 5.81. The molecule has 26 heavy (non-hydrogen) atoms. The van der Waals surface area contributed by atoms with Crippen LogP contribution in [0.3, 0.4) is 0 Å². The number of rotatable bonds is 7. The van der Waals surface area contributed by atoms with Crippen LogP contribution < -0.4 is 14.8 Å². The van der Waals surface area contributed by atoms with Gasteiger partial charge in [-0.2, -0.15) is 0 Å². The van der Waals surface area contributed by atoms with Crippen molar-refractivity contribution in [1.29, 1.82) is 0 Å². The predicted octanol–water partition coefficient (Wildman–Crippen LogP) is 2.98. The summed E-state index contributed by atoms with van der Waals surface area (Å²) in [4.78, 5) is 14.9. The second-order valence-electron chi connectivity index (χ2n) is 6.31. The van der Waals surface area contributed by atoms with E-state index >= 15 is 0 Å². The van der Waals surface area contributed by atoms with E-state index in [9.17, 15) is 4.79 Å². The van der Waals surface area contributed by atoms with E-state index in [4.69, 9.17) is 9.47 Å². The van der Waals surface area contributed by atoms with Crippen molar-refractivity contribution in [3.05, 3.63) is 59.7 Å². The zero-order valence-corrected chi connectivity index (χ0v) is 15.4. The molecule has 0 saturated carbocycles. The summed E-state index contributed by atoms with van der Waals surface area (Å²) in [6.07, 6.45) is -0.625. The topological polar surface area (TPSA) is 50.8 Å². The lowest BCUT2D eigenvalue weighted by molar-refractivity contribution is -0.130. The monoisotopic (exact) mass is 354 g/mol. The molecule has 1 atom stereocenters. The van der Waals surface area contributed by atoms with Gasteiger partial charge in [-0.15, -0.1) is 0 Å². The minimum absolute atomic E-state index is 0.155. The molecule has 1 aliphatic rings. The van der Waals surface area contributed by atoms with E-state index in [1.165, 1.54) is 5.56 Å². The molecule has 1 N–H and O–H groups in total. The number of fused-ring (bicyclic) bond motifs is 1. The second kappa shape index (κ2) is 8.72. The van der Waals surface area contributed by atoms with Gasteiger partial charge in [-0.05, 0) is 36.3 Å². The molecule has 0 bridgehead atoms. The highest BCUT2D eigenvalue weighted by atomic mass is 16.6. The second-order valence-corrected chi connectivity index (χ2v) is 6.31. The van der Waals surface area contributed by atoms with Gasteiger partial charge in [-0.1, -0.05) is 50.2 Å². The van der Waals surface area contributed by atoms with Crippen molar-refractivity contribution < 1.29 is 14.3 Å². The molecule has 1 heterocycles. The van der Waals surface area contributed by atoms with Crippen LogP contribution in [0.1, 0.15) is 25.0 Å². The summed E-state index contributed by atoms with van der Waals surface area (Å²) in [6, 6.07) is 15.6. The van der Waals surface area contributed by atoms with E-state index in [1.54, 1.807) is 0 Å². The standard InChI is InChI=1S/C21H26N2O3/c1-3-23(4-2)14-17-10-6-5-9-16(17)13-22-21(24)20-15-25-18-11-7-8-12-19(18)26-20/h5-12,20H,3-4,13-15H2,1-2H3,(H,22,24)/t20-/m1/s1. The summed E-state index contributed by atoms with van der Waals surface area (Å²) in [5, 5.41) is 2.99. The van der Waals surface area contributed by atoms with Crippen LogP contribution in [0.25, 0.3) is 0 Å². The molecule has 0 unspecified atom stereocenters. The molecular weight excluding hydrogens is 328 g/mol. The number of nitrogens with zero attached hydrogens (tertiary/aromatic N) is 1. The van der Waals surface area contributed by atoms with Crippen molar-refractivity contribution in [1.82, 2.24) is 10.2 Å². The van der Waals surface area contributed by atoms with Crippen LogP contribution in [0.4, 0.5) is 0 Å². The molecular formula is C21H26N2O3. The van der Waals surface area contributed by atoms with Crippen molar-refractivity contribution >= 4 is 5.91 Å². The van der Waals surface area contributed by atoms with Crippen LogP contribution in [-0.4, -0.2) is 36.6 Å². The van der Waals surface area contributed by atoms with Crippen LogP contribution in [0.15, 0.2) is 48.5 Å². The first-order valence-corrected chi connectivity index (χ1v) is 9.16. The molecule has 1 aliphatic heterocycles. The van der Waals surface area contributed by atoms with Crippen LogP contribution in [-0.2, 0) is 17.9 Å². The molecule has 2 aromatic rings. The molecule has 0 fully saturated rings. The molecule has 3 rings (SSSR count). The summed E-state index contributed by atoms with van der Waals surface area (Å²) in [6.45, 7) is 7.92. The minimum Gasteiger partial charge on any atom is -0.485 e. The van der Waals surface area contributed by atoms with Crippen molar-refractivity contribution in [2.24, 2.45) is 0 Å². The summed E-state index contributed by atoms with van der Waals surface area (Å²) in [5.41, 5.74) is 2.37. The Morgan fingerprint density at radius 3 is 2.42 bits per heavy atom. The van der Waals surface area contributed by atoms with Crippen molar-refractivity contribution in [3.63, 3.8) is 0 Å². The Kier molecular flexibility index (Phi) is 6.12. The van der Waals surface area contributed by atoms with E-state index in [0.717, 1.165) is 25.2 Å². The Labute approximate surface area is 154 Å². The molecule has 5 heteroatoms. The smallest absolute Gasteiger partial charge is 0.264 e. The average molecular weight is 354 g/mol. The number of hydrogen-bond donors (Lipinski definition) is 1. The molecule has 2 aromatic carbocycles. The van der Waals surface area contributed by atoms with Crippen LogP contribution in [0.5, 0.6) is 11.5 Å². The van der Waals surface area contributed by atoms with Crippen molar-refractivity contribution in [2.75, 3.05) is 19.7 Å². The third-order valence-electron chi connectivity index (χ3n) is 4.66. The number of benzene rings is 2. The normalized spacial score (nSPS) is 15.7. The lowest BCUT2D eigenvalue weighted by Gasteiger charge is -2.26. The third kappa shape index (κ3) is 4.35. The molecule has 0 radical (unpaired) electrons. The van der Waals surface area contributed by atoms with Gasteiger partial charge in [0.05, 0.1) is 0 Å². The van der Waals surface area contributed by atoms with Gasteiger partial charge < -0.3 is 14.8 Å². The van der Waals surface area contributed by atoms with Gasteiger partial charge >= 0.3 is 0 Å². The number of amides is 1. The Bertz CT molecular complexity index is 744.